The van der Waals surface area contributed by atoms with E-state index in [0.29, 0.717) is 16.3 Å². The maximum atomic E-state index is 11.5. The van der Waals surface area contributed by atoms with Crippen LogP contribution >= 0.6 is 0 Å². The van der Waals surface area contributed by atoms with Crippen molar-refractivity contribution in [3.8, 4) is 12.0 Å². The number of nitriles is 1. The minimum atomic E-state index is -0.637. The second-order valence-electron chi connectivity index (χ2n) is 3.33. The van der Waals surface area contributed by atoms with E-state index >= 15 is 0 Å². The summed E-state index contributed by atoms with van der Waals surface area (Å²) < 4.78 is 9.75. The Morgan fingerprint density at radius 3 is 2.94 bits per heavy atom. The van der Waals surface area contributed by atoms with E-state index in [1.54, 1.807) is 19.1 Å². The number of aromatic hydroxyl groups is 1. The molecular formula is C12H9NO4. The van der Waals surface area contributed by atoms with E-state index in [2.05, 4.69) is 0 Å². The van der Waals surface area contributed by atoms with Crippen molar-refractivity contribution in [3.63, 3.8) is 0 Å². The van der Waals surface area contributed by atoms with Gasteiger partial charge in [-0.3, -0.25) is 0 Å². The SMILES string of the molecule is CCOC(=O)c1oc(O)c2cc(C#N)ccc12. The van der Waals surface area contributed by atoms with E-state index in [4.69, 9.17) is 14.4 Å². The second kappa shape index (κ2) is 4.18. The predicted octanol–water partition coefficient (Wildman–Crippen LogP) is 2.19. The molecule has 0 amide bonds. The number of benzene rings is 1. The summed E-state index contributed by atoms with van der Waals surface area (Å²) in [7, 11) is 0. The molecule has 0 aliphatic carbocycles. The fourth-order valence-electron chi connectivity index (χ4n) is 1.54. The van der Waals surface area contributed by atoms with Crippen molar-refractivity contribution in [1.82, 2.24) is 0 Å². The van der Waals surface area contributed by atoms with Crippen LogP contribution < -0.4 is 0 Å². The number of carbonyl (C=O) groups is 1. The van der Waals surface area contributed by atoms with Crippen LogP contribution in [0.25, 0.3) is 10.8 Å². The van der Waals surface area contributed by atoms with E-state index in [-0.39, 0.29) is 18.3 Å². The highest BCUT2D eigenvalue weighted by molar-refractivity contribution is 6.04. The molecule has 0 saturated heterocycles. The number of hydrogen-bond acceptors (Lipinski definition) is 5. The Balaban J connectivity index is 2.61. The Labute approximate surface area is 96.8 Å². The molecule has 0 atom stereocenters. The number of ether oxygens (including phenoxy) is 1. The zero-order valence-electron chi connectivity index (χ0n) is 9.06. The maximum Gasteiger partial charge on any atom is 0.375 e. The average Bonchev–Trinajstić information content (AvgIpc) is 2.67. The topological polar surface area (TPSA) is 83.5 Å². The molecule has 2 aromatic rings. The first-order valence-electron chi connectivity index (χ1n) is 5.00. The Hall–Kier alpha value is -2.48. The lowest BCUT2D eigenvalue weighted by atomic mass is 10.1. The van der Waals surface area contributed by atoms with Gasteiger partial charge in [-0.15, -0.1) is 0 Å². The normalized spacial score (nSPS) is 10.1. The molecule has 1 aromatic heterocycles. The summed E-state index contributed by atoms with van der Waals surface area (Å²) in [6.07, 6.45) is 0. The molecule has 0 aliphatic rings. The van der Waals surface area contributed by atoms with Gasteiger partial charge < -0.3 is 14.3 Å². The number of fused-ring (bicyclic) bond motifs is 1. The molecule has 2 rings (SSSR count). The molecular weight excluding hydrogens is 222 g/mol. The number of nitrogens with zero attached hydrogens (tertiary/aromatic N) is 1. The Kier molecular flexibility index (Phi) is 2.71. The van der Waals surface area contributed by atoms with E-state index < -0.39 is 5.97 Å². The summed E-state index contributed by atoms with van der Waals surface area (Å²) in [4.78, 5) is 11.5. The second-order valence-corrected chi connectivity index (χ2v) is 3.33. The molecule has 1 heterocycles. The molecule has 0 spiro atoms. The lowest BCUT2D eigenvalue weighted by molar-refractivity contribution is 0.0487. The van der Waals surface area contributed by atoms with Crippen LogP contribution in [0.3, 0.4) is 0 Å². The van der Waals surface area contributed by atoms with Crippen molar-refractivity contribution in [2.24, 2.45) is 0 Å². The van der Waals surface area contributed by atoms with Gasteiger partial charge in [-0.2, -0.15) is 5.26 Å². The third-order valence-electron chi connectivity index (χ3n) is 2.28. The van der Waals surface area contributed by atoms with Gasteiger partial charge in [0.25, 0.3) is 5.95 Å². The van der Waals surface area contributed by atoms with Crippen LogP contribution in [0.4, 0.5) is 0 Å². The monoisotopic (exact) mass is 231 g/mol. The lowest BCUT2D eigenvalue weighted by Gasteiger charge is -1.97. The Morgan fingerprint density at radius 1 is 1.53 bits per heavy atom. The molecule has 0 fully saturated rings. The van der Waals surface area contributed by atoms with Crippen LogP contribution in [-0.4, -0.2) is 17.7 Å². The van der Waals surface area contributed by atoms with Crippen molar-refractivity contribution in [2.45, 2.75) is 6.92 Å². The van der Waals surface area contributed by atoms with Crippen molar-refractivity contribution < 1.29 is 19.1 Å². The molecule has 86 valence electrons. The van der Waals surface area contributed by atoms with E-state index in [9.17, 15) is 9.90 Å². The largest absolute Gasteiger partial charge is 0.480 e. The minimum absolute atomic E-state index is 0.0520. The van der Waals surface area contributed by atoms with Crippen molar-refractivity contribution in [3.05, 3.63) is 29.5 Å². The third-order valence-corrected chi connectivity index (χ3v) is 2.28. The highest BCUT2D eigenvalue weighted by atomic mass is 16.6. The zero-order chi connectivity index (χ0) is 12.4. The summed E-state index contributed by atoms with van der Waals surface area (Å²) >= 11 is 0. The zero-order valence-corrected chi connectivity index (χ0v) is 9.06. The van der Waals surface area contributed by atoms with Gasteiger partial charge in [0, 0.05) is 5.39 Å². The van der Waals surface area contributed by atoms with Gasteiger partial charge in [0.05, 0.1) is 23.6 Å². The standard InChI is InChI=1S/C12H9NO4/c1-2-16-12(15)10-8-4-3-7(6-13)5-9(8)11(14)17-10/h3-5,14H,2H2,1H3. The summed E-state index contributed by atoms with van der Waals surface area (Å²) in [6.45, 7) is 1.90. The van der Waals surface area contributed by atoms with Crippen molar-refractivity contribution >= 4 is 16.7 Å². The number of rotatable bonds is 2. The van der Waals surface area contributed by atoms with Crippen LogP contribution in [0.2, 0.25) is 0 Å². The van der Waals surface area contributed by atoms with Crippen molar-refractivity contribution in [2.75, 3.05) is 6.61 Å². The molecule has 5 heteroatoms. The maximum absolute atomic E-state index is 11.5. The quantitative estimate of drug-likeness (QED) is 0.801. The molecule has 17 heavy (non-hydrogen) atoms. The van der Waals surface area contributed by atoms with Crippen LogP contribution in [0.15, 0.2) is 22.6 Å². The van der Waals surface area contributed by atoms with Gasteiger partial charge in [-0.25, -0.2) is 4.79 Å². The predicted molar refractivity (Wildman–Crippen MR) is 58.6 cm³/mol. The number of esters is 1. The van der Waals surface area contributed by atoms with Crippen molar-refractivity contribution in [1.29, 1.82) is 5.26 Å². The third kappa shape index (κ3) is 1.81. The van der Waals surface area contributed by atoms with E-state index in [1.807, 2.05) is 6.07 Å². The number of carbonyl (C=O) groups excluding carboxylic acids is 1. The first-order valence-corrected chi connectivity index (χ1v) is 5.00. The van der Waals surface area contributed by atoms with Crippen LogP contribution in [-0.2, 0) is 4.74 Å². The summed E-state index contributed by atoms with van der Waals surface area (Å²) in [6, 6.07) is 6.48. The molecule has 0 radical (unpaired) electrons. The molecule has 0 saturated carbocycles. The summed E-state index contributed by atoms with van der Waals surface area (Å²) in [5, 5.41) is 19.0. The highest BCUT2D eigenvalue weighted by Gasteiger charge is 2.20. The molecule has 1 aromatic carbocycles. The van der Waals surface area contributed by atoms with E-state index in [0.717, 1.165) is 0 Å². The van der Waals surface area contributed by atoms with Crippen LogP contribution in [0, 0.1) is 11.3 Å². The average molecular weight is 231 g/mol. The molecule has 0 unspecified atom stereocenters. The molecule has 0 aliphatic heterocycles. The van der Waals surface area contributed by atoms with Crippen LogP contribution in [0.1, 0.15) is 23.0 Å². The van der Waals surface area contributed by atoms with Gasteiger partial charge in [-0.05, 0) is 25.1 Å². The number of furan rings is 1. The minimum Gasteiger partial charge on any atom is -0.480 e. The van der Waals surface area contributed by atoms with Gasteiger partial charge in [0.2, 0.25) is 5.76 Å². The molecule has 5 nitrogen and oxygen atoms in total. The van der Waals surface area contributed by atoms with Gasteiger partial charge >= 0.3 is 5.97 Å². The fraction of sp³-hybridized carbons (Fsp3) is 0.167. The first kappa shape index (κ1) is 11.0. The summed E-state index contributed by atoms with van der Waals surface area (Å²) in [5.41, 5.74) is 0.379. The smallest absolute Gasteiger partial charge is 0.375 e. The van der Waals surface area contributed by atoms with Crippen LogP contribution in [0.5, 0.6) is 5.95 Å². The fourth-order valence-corrected chi connectivity index (χ4v) is 1.54. The van der Waals surface area contributed by atoms with Gasteiger partial charge in [0.15, 0.2) is 0 Å². The Morgan fingerprint density at radius 2 is 2.29 bits per heavy atom. The van der Waals surface area contributed by atoms with E-state index in [1.165, 1.54) is 6.07 Å². The first-order chi connectivity index (χ1) is 8.17. The lowest BCUT2D eigenvalue weighted by Crippen LogP contribution is -2.03. The van der Waals surface area contributed by atoms with Gasteiger partial charge in [0.1, 0.15) is 0 Å². The van der Waals surface area contributed by atoms with Gasteiger partial charge in [-0.1, -0.05) is 0 Å². The molecule has 0 bridgehead atoms. The highest BCUT2D eigenvalue weighted by Crippen LogP contribution is 2.32. The Bertz CT molecular complexity index is 621. The summed E-state index contributed by atoms with van der Waals surface area (Å²) in [5.74, 6) is -1.08. The number of hydrogen-bond donors (Lipinski definition) is 1. The molecule has 1 N–H and O–H groups in total.